The van der Waals surface area contributed by atoms with Crippen LogP contribution in [-0.2, 0) is 4.79 Å². The lowest BCUT2D eigenvalue weighted by Crippen LogP contribution is -2.34. The van der Waals surface area contributed by atoms with Crippen LogP contribution >= 0.6 is 11.8 Å². The largest absolute Gasteiger partial charge is 0.493 e. The molecule has 6 heteroatoms. The van der Waals surface area contributed by atoms with Crippen molar-refractivity contribution in [3.8, 4) is 11.5 Å². The average molecular weight is 304 g/mol. The maximum absolute atomic E-state index is 12.3. The normalized spacial score (nSPS) is 19.5. The van der Waals surface area contributed by atoms with Gasteiger partial charge in [-0.2, -0.15) is 0 Å². The fourth-order valence-electron chi connectivity index (χ4n) is 2.32. The summed E-state index contributed by atoms with van der Waals surface area (Å²) in [5, 5.41) is 0.818. The van der Waals surface area contributed by atoms with Crippen LogP contribution in [0.5, 0.6) is 11.5 Å². The third kappa shape index (κ3) is 2.63. The molecule has 2 aliphatic heterocycles. The van der Waals surface area contributed by atoms with Gasteiger partial charge in [0.25, 0.3) is 5.91 Å². The molecule has 0 radical (unpaired) electrons. The van der Waals surface area contributed by atoms with Crippen LogP contribution in [0.1, 0.15) is 12.0 Å². The van der Waals surface area contributed by atoms with E-state index in [0.29, 0.717) is 17.2 Å². The van der Waals surface area contributed by atoms with E-state index in [0.717, 1.165) is 29.4 Å². The first-order valence-corrected chi connectivity index (χ1v) is 7.68. The van der Waals surface area contributed by atoms with Crippen molar-refractivity contribution < 1.29 is 14.3 Å². The van der Waals surface area contributed by atoms with Gasteiger partial charge in [-0.25, -0.2) is 4.99 Å². The first kappa shape index (κ1) is 14.0. The van der Waals surface area contributed by atoms with E-state index in [1.807, 2.05) is 18.2 Å². The summed E-state index contributed by atoms with van der Waals surface area (Å²) in [6.07, 6.45) is 2.80. The maximum Gasteiger partial charge on any atom is 0.278 e. The Bertz CT molecular complexity index is 640. The Morgan fingerprint density at radius 1 is 1.29 bits per heavy atom. The monoisotopic (exact) mass is 304 g/mol. The quantitative estimate of drug-likeness (QED) is 0.805. The number of ether oxygens (including phenoxy) is 2. The van der Waals surface area contributed by atoms with Crippen LogP contribution in [0, 0.1) is 0 Å². The maximum atomic E-state index is 12.3. The second kappa shape index (κ2) is 5.81. The van der Waals surface area contributed by atoms with Gasteiger partial charge in [0.15, 0.2) is 16.7 Å². The second-order valence-corrected chi connectivity index (χ2v) is 5.76. The molecule has 1 fully saturated rings. The van der Waals surface area contributed by atoms with Crippen molar-refractivity contribution >= 4 is 28.9 Å². The molecule has 0 spiro atoms. The van der Waals surface area contributed by atoms with Crippen molar-refractivity contribution in [3.05, 3.63) is 29.5 Å². The van der Waals surface area contributed by atoms with Crippen molar-refractivity contribution in [2.45, 2.75) is 6.42 Å². The highest BCUT2D eigenvalue weighted by Gasteiger charge is 2.32. The average Bonchev–Trinajstić information content (AvgIpc) is 2.84. The summed E-state index contributed by atoms with van der Waals surface area (Å²) >= 11 is 1.64. The molecule has 5 nitrogen and oxygen atoms in total. The smallest absolute Gasteiger partial charge is 0.278 e. The molecular formula is C15H16N2O3S. The molecule has 1 aromatic rings. The molecule has 3 rings (SSSR count). The Morgan fingerprint density at radius 2 is 2.10 bits per heavy atom. The van der Waals surface area contributed by atoms with Gasteiger partial charge in [-0.1, -0.05) is 17.8 Å². The predicted molar refractivity (Wildman–Crippen MR) is 83.7 cm³/mol. The number of carbonyl (C=O) groups excluding carboxylic acids is 1. The minimum absolute atomic E-state index is 0.0213. The topological polar surface area (TPSA) is 51.1 Å². The van der Waals surface area contributed by atoms with Gasteiger partial charge in [0.2, 0.25) is 0 Å². The molecule has 1 saturated heterocycles. The summed E-state index contributed by atoms with van der Waals surface area (Å²) in [6, 6.07) is 5.54. The number of amidine groups is 1. The molecule has 1 amide bonds. The van der Waals surface area contributed by atoms with E-state index >= 15 is 0 Å². The highest BCUT2D eigenvalue weighted by atomic mass is 32.2. The van der Waals surface area contributed by atoms with E-state index in [2.05, 4.69) is 4.99 Å². The Morgan fingerprint density at radius 3 is 2.81 bits per heavy atom. The number of rotatable bonds is 3. The summed E-state index contributed by atoms with van der Waals surface area (Å²) in [4.78, 5) is 18.5. The Kier molecular flexibility index (Phi) is 3.88. The number of amides is 1. The SMILES string of the molecule is COc1ccc(C=C2N=C3SCCCN3C2=O)cc1OC. The summed E-state index contributed by atoms with van der Waals surface area (Å²) < 4.78 is 10.5. The minimum Gasteiger partial charge on any atom is -0.493 e. The summed E-state index contributed by atoms with van der Waals surface area (Å²) in [5.41, 5.74) is 1.34. The number of nitrogens with zero attached hydrogens (tertiary/aromatic N) is 2. The third-order valence-corrected chi connectivity index (χ3v) is 4.44. The first-order valence-electron chi connectivity index (χ1n) is 6.70. The van der Waals surface area contributed by atoms with Gasteiger partial charge in [0.1, 0.15) is 5.70 Å². The van der Waals surface area contributed by atoms with Gasteiger partial charge < -0.3 is 9.47 Å². The molecule has 0 aromatic heterocycles. The molecule has 0 bridgehead atoms. The van der Waals surface area contributed by atoms with Gasteiger partial charge in [-0.3, -0.25) is 9.69 Å². The standard InChI is InChI=1S/C15H16N2O3S/c1-19-12-5-4-10(9-13(12)20-2)8-11-14(18)17-6-3-7-21-15(17)16-11/h4-5,8-9H,3,6-7H2,1-2H3. The van der Waals surface area contributed by atoms with Gasteiger partial charge in [-0.05, 0) is 30.2 Å². The van der Waals surface area contributed by atoms with Gasteiger partial charge in [-0.15, -0.1) is 0 Å². The van der Waals surface area contributed by atoms with Gasteiger partial charge in [0, 0.05) is 12.3 Å². The van der Waals surface area contributed by atoms with Crippen LogP contribution in [0.2, 0.25) is 0 Å². The molecule has 0 N–H and O–H groups in total. The summed E-state index contributed by atoms with van der Waals surface area (Å²) in [6.45, 7) is 0.758. The van der Waals surface area contributed by atoms with Crippen molar-refractivity contribution in [1.29, 1.82) is 0 Å². The molecule has 2 aliphatic rings. The molecule has 0 saturated carbocycles. The third-order valence-electron chi connectivity index (χ3n) is 3.38. The highest BCUT2D eigenvalue weighted by molar-refractivity contribution is 8.13. The molecule has 1 aromatic carbocycles. The number of thioether (sulfide) groups is 1. The van der Waals surface area contributed by atoms with Crippen molar-refractivity contribution in [1.82, 2.24) is 4.90 Å². The van der Waals surface area contributed by atoms with Crippen LogP contribution in [-0.4, -0.2) is 42.5 Å². The van der Waals surface area contributed by atoms with Crippen LogP contribution in [0.4, 0.5) is 0 Å². The summed E-state index contributed by atoms with van der Waals surface area (Å²) in [5.74, 6) is 2.30. The minimum atomic E-state index is -0.0213. The van der Waals surface area contributed by atoms with E-state index in [1.54, 1.807) is 37.0 Å². The highest BCUT2D eigenvalue weighted by Crippen LogP contribution is 2.31. The zero-order valence-electron chi connectivity index (χ0n) is 12.0. The Hall–Kier alpha value is -1.95. The van der Waals surface area contributed by atoms with Gasteiger partial charge >= 0.3 is 0 Å². The lowest BCUT2D eigenvalue weighted by atomic mass is 10.1. The number of aliphatic imine (C=N–C) groups is 1. The zero-order valence-corrected chi connectivity index (χ0v) is 12.8. The molecule has 110 valence electrons. The number of benzene rings is 1. The molecule has 0 atom stereocenters. The number of hydrogen-bond acceptors (Lipinski definition) is 5. The predicted octanol–water partition coefficient (Wildman–Crippen LogP) is 2.38. The lowest BCUT2D eigenvalue weighted by Gasteiger charge is -2.21. The molecule has 21 heavy (non-hydrogen) atoms. The lowest BCUT2D eigenvalue weighted by molar-refractivity contribution is -0.122. The molecule has 2 heterocycles. The molecule has 0 unspecified atom stereocenters. The molecule has 0 aliphatic carbocycles. The number of hydrogen-bond donors (Lipinski definition) is 0. The Balaban J connectivity index is 1.92. The van der Waals surface area contributed by atoms with Crippen LogP contribution in [0.25, 0.3) is 6.08 Å². The van der Waals surface area contributed by atoms with Crippen LogP contribution in [0.3, 0.4) is 0 Å². The van der Waals surface area contributed by atoms with E-state index in [9.17, 15) is 4.79 Å². The van der Waals surface area contributed by atoms with Crippen molar-refractivity contribution in [3.63, 3.8) is 0 Å². The second-order valence-electron chi connectivity index (χ2n) is 4.70. The van der Waals surface area contributed by atoms with E-state index in [1.165, 1.54) is 0 Å². The van der Waals surface area contributed by atoms with E-state index < -0.39 is 0 Å². The fourth-order valence-corrected chi connectivity index (χ4v) is 3.27. The number of fused-ring (bicyclic) bond motifs is 1. The van der Waals surface area contributed by atoms with Crippen LogP contribution in [0.15, 0.2) is 28.9 Å². The zero-order chi connectivity index (χ0) is 14.8. The first-order chi connectivity index (χ1) is 10.2. The number of methoxy groups -OCH3 is 2. The van der Waals surface area contributed by atoms with Crippen LogP contribution < -0.4 is 9.47 Å². The molecular weight excluding hydrogens is 288 g/mol. The van der Waals surface area contributed by atoms with E-state index in [-0.39, 0.29) is 5.91 Å². The summed E-state index contributed by atoms with van der Waals surface area (Å²) in [7, 11) is 3.18. The van der Waals surface area contributed by atoms with Crippen molar-refractivity contribution in [2.24, 2.45) is 4.99 Å². The number of carbonyl (C=O) groups is 1. The van der Waals surface area contributed by atoms with E-state index in [4.69, 9.17) is 9.47 Å². The fraction of sp³-hybridized carbons (Fsp3) is 0.333. The van der Waals surface area contributed by atoms with Crippen molar-refractivity contribution in [2.75, 3.05) is 26.5 Å². The van der Waals surface area contributed by atoms with Gasteiger partial charge in [0.05, 0.1) is 14.2 Å². The Labute approximate surface area is 127 Å².